The summed E-state index contributed by atoms with van der Waals surface area (Å²) in [5.41, 5.74) is 5.02. The van der Waals surface area contributed by atoms with Crippen LogP contribution in [0.3, 0.4) is 0 Å². The Morgan fingerprint density at radius 3 is 3.00 bits per heavy atom. The number of carbonyl (C=O) groups is 1. The van der Waals surface area contributed by atoms with Crippen LogP contribution in [0.4, 0.5) is 0 Å². The number of aryl methyl sites for hydroxylation is 1. The van der Waals surface area contributed by atoms with Gasteiger partial charge in [0.2, 0.25) is 0 Å². The second-order valence-corrected chi connectivity index (χ2v) is 5.72. The quantitative estimate of drug-likeness (QED) is 0.579. The molecule has 0 spiro atoms. The number of hydrazone groups is 1. The molecule has 6 heteroatoms. The minimum atomic E-state index is -0.301. The largest absolute Gasteiger partial charge is 0.350 e. The number of hydrogen-bond donors (Lipinski definition) is 1. The van der Waals surface area contributed by atoms with Crippen molar-refractivity contribution >= 4 is 39.0 Å². The smallest absolute Gasteiger partial charge is 0.272 e. The van der Waals surface area contributed by atoms with Crippen LogP contribution in [0.1, 0.15) is 15.9 Å². The predicted molar refractivity (Wildman–Crippen MR) is 89.9 cm³/mol. The van der Waals surface area contributed by atoms with E-state index < -0.39 is 0 Å². The van der Waals surface area contributed by atoms with E-state index in [1.807, 2.05) is 42.1 Å². The molecular formula is C16H13BrN4O. The summed E-state index contributed by atoms with van der Waals surface area (Å²) in [6.07, 6.45) is 6.73. The third-order valence-corrected chi connectivity index (χ3v) is 3.70. The second-order valence-electron chi connectivity index (χ2n) is 4.80. The molecule has 0 radical (unpaired) electrons. The molecular weight excluding hydrogens is 344 g/mol. The van der Waals surface area contributed by atoms with Crippen LogP contribution in [0.2, 0.25) is 0 Å². The maximum Gasteiger partial charge on any atom is 0.272 e. The van der Waals surface area contributed by atoms with Crippen molar-refractivity contribution < 1.29 is 4.79 Å². The average molecular weight is 357 g/mol. The van der Waals surface area contributed by atoms with Crippen molar-refractivity contribution in [2.75, 3.05) is 0 Å². The Morgan fingerprint density at radius 2 is 2.18 bits per heavy atom. The number of fused-ring (bicyclic) bond motifs is 1. The van der Waals surface area contributed by atoms with Gasteiger partial charge in [-0.15, -0.1) is 0 Å². The van der Waals surface area contributed by atoms with Crippen LogP contribution >= 0.6 is 15.9 Å². The Bertz CT molecular complexity index is 869. The van der Waals surface area contributed by atoms with Crippen LogP contribution in [0.15, 0.2) is 58.5 Å². The van der Waals surface area contributed by atoms with Gasteiger partial charge in [0, 0.05) is 46.6 Å². The molecule has 110 valence electrons. The molecule has 22 heavy (non-hydrogen) atoms. The van der Waals surface area contributed by atoms with E-state index in [0.717, 1.165) is 20.9 Å². The second kappa shape index (κ2) is 6.11. The van der Waals surface area contributed by atoms with E-state index in [1.165, 1.54) is 6.20 Å². The zero-order valence-corrected chi connectivity index (χ0v) is 13.4. The number of rotatable bonds is 3. The van der Waals surface area contributed by atoms with Gasteiger partial charge in [-0.3, -0.25) is 9.78 Å². The first-order valence-electron chi connectivity index (χ1n) is 6.63. The van der Waals surface area contributed by atoms with Crippen molar-refractivity contribution in [2.45, 2.75) is 0 Å². The summed E-state index contributed by atoms with van der Waals surface area (Å²) < 4.78 is 2.77. The van der Waals surface area contributed by atoms with Crippen molar-refractivity contribution in [3.8, 4) is 0 Å². The average Bonchev–Trinajstić information content (AvgIpc) is 2.84. The van der Waals surface area contributed by atoms with Crippen molar-refractivity contribution in [1.29, 1.82) is 0 Å². The molecule has 0 saturated heterocycles. The molecule has 5 nitrogen and oxygen atoms in total. The van der Waals surface area contributed by atoms with Crippen molar-refractivity contribution in [3.05, 3.63) is 64.5 Å². The molecule has 0 fully saturated rings. The number of amides is 1. The van der Waals surface area contributed by atoms with Gasteiger partial charge >= 0.3 is 0 Å². The number of carbonyl (C=O) groups excluding carboxylic acids is 1. The van der Waals surface area contributed by atoms with Crippen LogP contribution in [0.5, 0.6) is 0 Å². The van der Waals surface area contributed by atoms with Crippen molar-refractivity contribution in [3.63, 3.8) is 0 Å². The van der Waals surface area contributed by atoms with Crippen LogP contribution < -0.4 is 5.43 Å². The predicted octanol–water partition coefficient (Wildman–Crippen LogP) is 3.10. The molecule has 0 aliphatic carbocycles. The van der Waals surface area contributed by atoms with E-state index in [2.05, 4.69) is 31.4 Å². The Hall–Kier alpha value is -2.47. The fourth-order valence-electron chi connectivity index (χ4n) is 2.24. The molecule has 2 aromatic heterocycles. The summed E-state index contributed by atoms with van der Waals surface area (Å²) >= 11 is 3.28. The van der Waals surface area contributed by atoms with Crippen LogP contribution in [-0.4, -0.2) is 21.7 Å². The van der Waals surface area contributed by atoms with Gasteiger partial charge in [0.05, 0.1) is 11.8 Å². The number of nitrogens with one attached hydrogen (secondary N) is 1. The van der Waals surface area contributed by atoms with Gasteiger partial charge in [-0.25, -0.2) is 5.43 Å². The molecule has 0 atom stereocenters. The Kier molecular flexibility index (Phi) is 4.02. The molecule has 1 amide bonds. The van der Waals surface area contributed by atoms with Crippen LogP contribution in [0.25, 0.3) is 10.9 Å². The first-order valence-corrected chi connectivity index (χ1v) is 7.42. The van der Waals surface area contributed by atoms with E-state index in [4.69, 9.17) is 0 Å². The lowest BCUT2D eigenvalue weighted by atomic mass is 10.2. The minimum Gasteiger partial charge on any atom is -0.350 e. The highest BCUT2D eigenvalue weighted by atomic mass is 79.9. The standard InChI is InChI=1S/C16H13BrN4O/c1-21-10-12(14-4-2-3-5-15(14)21)8-19-20-16(22)11-6-13(17)9-18-7-11/h2-10H,1H3,(H,20,22)/b19-8-. The molecule has 0 aliphatic heterocycles. The maximum atomic E-state index is 12.0. The first-order chi connectivity index (χ1) is 10.6. The fourth-order valence-corrected chi connectivity index (χ4v) is 2.60. The summed E-state index contributed by atoms with van der Waals surface area (Å²) in [6.45, 7) is 0. The topological polar surface area (TPSA) is 59.3 Å². The number of hydrogen-bond acceptors (Lipinski definition) is 3. The van der Waals surface area contributed by atoms with E-state index in [9.17, 15) is 4.79 Å². The van der Waals surface area contributed by atoms with Crippen molar-refractivity contribution in [1.82, 2.24) is 15.0 Å². The minimum absolute atomic E-state index is 0.301. The van der Waals surface area contributed by atoms with Gasteiger partial charge < -0.3 is 4.57 Å². The molecule has 3 rings (SSSR count). The number of halogens is 1. The normalized spacial score (nSPS) is 11.2. The molecule has 3 aromatic rings. The van der Waals surface area contributed by atoms with Gasteiger partial charge in [-0.05, 0) is 28.1 Å². The molecule has 0 unspecified atom stereocenters. The van der Waals surface area contributed by atoms with E-state index in [1.54, 1.807) is 18.5 Å². The summed E-state index contributed by atoms with van der Waals surface area (Å²) in [4.78, 5) is 15.9. The lowest BCUT2D eigenvalue weighted by molar-refractivity contribution is 0.0954. The van der Waals surface area contributed by atoms with Gasteiger partial charge in [0.1, 0.15) is 0 Å². The SMILES string of the molecule is Cn1cc(/C=N\NC(=O)c2cncc(Br)c2)c2ccccc21. The number of benzene rings is 1. The Morgan fingerprint density at radius 1 is 1.36 bits per heavy atom. The number of nitrogens with zero attached hydrogens (tertiary/aromatic N) is 3. The number of pyridine rings is 1. The van der Waals surface area contributed by atoms with E-state index in [0.29, 0.717) is 5.56 Å². The molecule has 0 aliphatic rings. The highest BCUT2D eigenvalue weighted by Crippen LogP contribution is 2.18. The van der Waals surface area contributed by atoms with E-state index >= 15 is 0 Å². The highest BCUT2D eigenvalue weighted by molar-refractivity contribution is 9.10. The zero-order chi connectivity index (χ0) is 15.5. The fraction of sp³-hybridized carbons (Fsp3) is 0.0625. The van der Waals surface area contributed by atoms with Gasteiger partial charge in [-0.1, -0.05) is 18.2 Å². The zero-order valence-electron chi connectivity index (χ0n) is 11.8. The molecule has 0 bridgehead atoms. The summed E-state index contributed by atoms with van der Waals surface area (Å²) in [5.74, 6) is -0.301. The summed E-state index contributed by atoms with van der Waals surface area (Å²) in [6, 6.07) is 9.72. The van der Waals surface area contributed by atoms with Gasteiger partial charge in [0.25, 0.3) is 5.91 Å². The maximum absolute atomic E-state index is 12.0. The number of para-hydroxylation sites is 1. The lowest BCUT2D eigenvalue weighted by Crippen LogP contribution is -2.17. The summed E-state index contributed by atoms with van der Waals surface area (Å²) in [7, 11) is 1.98. The first kappa shape index (κ1) is 14.5. The molecule has 2 heterocycles. The van der Waals surface area contributed by atoms with Crippen LogP contribution in [-0.2, 0) is 7.05 Å². The molecule has 0 saturated carbocycles. The van der Waals surface area contributed by atoms with E-state index in [-0.39, 0.29) is 5.91 Å². The van der Waals surface area contributed by atoms with Gasteiger partial charge in [0.15, 0.2) is 0 Å². The molecule has 1 aromatic carbocycles. The third-order valence-electron chi connectivity index (χ3n) is 3.26. The lowest BCUT2D eigenvalue weighted by Gasteiger charge is -1.99. The molecule has 1 N–H and O–H groups in total. The summed E-state index contributed by atoms with van der Waals surface area (Å²) in [5, 5.41) is 5.12. The monoisotopic (exact) mass is 356 g/mol. The Labute approximate surface area is 135 Å². The van der Waals surface area contributed by atoms with Crippen LogP contribution in [0, 0.1) is 0 Å². The van der Waals surface area contributed by atoms with Gasteiger partial charge in [-0.2, -0.15) is 5.10 Å². The van der Waals surface area contributed by atoms with Crippen molar-refractivity contribution in [2.24, 2.45) is 12.1 Å². The third kappa shape index (κ3) is 2.92. The highest BCUT2D eigenvalue weighted by Gasteiger charge is 2.06. The number of aromatic nitrogens is 2. The Balaban J connectivity index is 1.78.